The number of aryl methyl sites for hydroxylation is 2. The van der Waals surface area contributed by atoms with Crippen LogP contribution in [-0.4, -0.2) is 0 Å². The fraction of sp³-hybridized carbons (Fsp3) is 0.444. The van der Waals surface area contributed by atoms with E-state index in [0.29, 0.717) is 5.92 Å². The summed E-state index contributed by atoms with van der Waals surface area (Å²) in [6.45, 7) is 2.29. The van der Waals surface area contributed by atoms with Gasteiger partial charge in [-0.3, -0.25) is 0 Å². The second kappa shape index (κ2) is 7.35. The van der Waals surface area contributed by atoms with Crippen molar-refractivity contribution in [1.29, 1.82) is 0 Å². The first-order chi connectivity index (χ1) is 13.7. The van der Waals surface area contributed by atoms with Crippen LogP contribution in [0, 0.1) is 6.92 Å². The molecule has 0 spiro atoms. The van der Waals surface area contributed by atoms with Gasteiger partial charge in [0, 0.05) is 22.6 Å². The molecular weight excluding hydrogens is 338 g/mol. The third-order valence-electron chi connectivity index (χ3n) is 7.36. The highest BCUT2D eigenvalue weighted by atomic mass is 14.9. The number of hydrogen-bond donors (Lipinski definition) is 0. The van der Waals surface area contributed by atoms with E-state index >= 15 is 0 Å². The Kier molecular flexibility index (Phi) is 4.70. The van der Waals surface area contributed by atoms with Crippen molar-refractivity contribution in [3.63, 3.8) is 0 Å². The molecule has 144 valence electrons. The molecule has 0 atom stereocenters. The Labute approximate surface area is 169 Å². The Morgan fingerprint density at radius 1 is 0.786 bits per heavy atom. The number of hydrogen-bond acceptors (Lipinski definition) is 0. The van der Waals surface area contributed by atoms with Gasteiger partial charge in [0.25, 0.3) is 0 Å². The summed E-state index contributed by atoms with van der Waals surface area (Å²) >= 11 is 0. The lowest BCUT2D eigenvalue weighted by atomic mass is 9.87. The fourth-order valence-corrected chi connectivity index (χ4v) is 5.76. The molecule has 0 unspecified atom stereocenters. The van der Waals surface area contributed by atoms with Crippen LogP contribution in [0.2, 0.25) is 0 Å². The molecule has 2 aliphatic rings. The van der Waals surface area contributed by atoms with Crippen molar-refractivity contribution in [2.45, 2.75) is 70.1 Å². The molecular formula is C27H32N+. The lowest BCUT2D eigenvalue weighted by Gasteiger charge is -2.18. The van der Waals surface area contributed by atoms with Crippen LogP contribution in [0.5, 0.6) is 0 Å². The van der Waals surface area contributed by atoms with Gasteiger partial charge >= 0.3 is 0 Å². The molecule has 2 aliphatic carbocycles. The summed E-state index contributed by atoms with van der Waals surface area (Å²) in [5.74, 6) is 1.47. The first kappa shape index (κ1) is 17.9. The van der Waals surface area contributed by atoms with Gasteiger partial charge in [0.1, 0.15) is 7.05 Å². The molecule has 0 amide bonds. The van der Waals surface area contributed by atoms with Crippen molar-refractivity contribution in [2.75, 3.05) is 0 Å². The fourth-order valence-electron chi connectivity index (χ4n) is 5.76. The molecule has 0 radical (unpaired) electrons. The van der Waals surface area contributed by atoms with Crippen LogP contribution in [0.15, 0.2) is 48.5 Å². The molecule has 28 heavy (non-hydrogen) atoms. The minimum absolute atomic E-state index is 0.709. The number of pyridine rings is 1. The molecule has 0 N–H and O–H groups in total. The number of nitrogens with zero attached hydrogens (tertiary/aromatic N) is 1. The summed E-state index contributed by atoms with van der Waals surface area (Å²) in [6, 6.07) is 18.7. The first-order valence-electron chi connectivity index (χ1n) is 11.2. The van der Waals surface area contributed by atoms with Gasteiger partial charge in [-0.2, -0.15) is 4.57 Å². The Hall–Kier alpha value is -2.15. The summed E-state index contributed by atoms with van der Waals surface area (Å²) in [6.07, 6.45) is 10.9. The molecule has 1 nitrogen and oxygen atoms in total. The number of aromatic nitrogens is 1. The van der Waals surface area contributed by atoms with Gasteiger partial charge in [0.05, 0.1) is 0 Å². The van der Waals surface area contributed by atoms with Crippen molar-refractivity contribution < 1.29 is 4.57 Å². The molecule has 0 aliphatic heterocycles. The van der Waals surface area contributed by atoms with E-state index in [0.717, 1.165) is 5.92 Å². The van der Waals surface area contributed by atoms with Crippen LogP contribution in [0.1, 0.15) is 79.9 Å². The highest BCUT2D eigenvalue weighted by Crippen LogP contribution is 2.41. The van der Waals surface area contributed by atoms with Crippen molar-refractivity contribution in [1.82, 2.24) is 0 Å². The normalized spacial score (nSPS) is 18.4. The third-order valence-corrected chi connectivity index (χ3v) is 7.36. The Morgan fingerprint density at radius 2 is 1.46 bits per heavy atom. The van der Waals surface area contributed by atoms with Crippen molar-refractivity contribution in [3.05, 3.63) is 65.2 Å². The van der Waals surface area contributed by atoms with E-state index < -0.39 is 0 Å². The van der Waals surface area contributed by atoms with E-state index in [1.54, 1.807) is 11.1 Å². The van der Waals surface area contributed by atoms with E-state index in [1.807, 2.05) is 0 Å². The molecule has 2 fully saturated rings. The van der Waals surface area contributed by atoms with E-state index in [1.165, 1.54) is 79.1 Å². The Morgan fingerprint density at radius 3 is 2.21 bits per heavy atom. The topological polar surface area (TPSA) is 3.88 Å². The smallest absolute Gasteiger partial charge is 0.194 e. The predicted molar refractivity (Wildman–Crippen MR) is 118 cm³/mol. The maximum atomic E-state index is 2.54. The van der Waals surface area contributed by atoms with Gasteiger partial charge < -0.3 is 0 Å². The Balaban J connectivity index is 1.74. The van der Waals surface area contributed by atoms with Crippen LogP contribution in [-0.2, 0) is 7.05 Å². The van der Waals surface area contributed by atoms with Gasteiger partial charge in [0.15, 0.2) is 0 Å². The quantitative estimate of drug-likeness (QED) is 0.439. The minimum Gasteiger partial charge on any atom is -0.194 e. The zero-order chi connectivity index (χ0) is 19.1. The van der Waals surface area contributed by atoms with Crippen LogP contribution in [0.3, 0.4) is 0 Å². The van der Waals surface area contributed by atoms with Crippen molar-refractivity contribution in [3.8, 4) is 11.3 Å². The number of rotatable bonds is 3. The van der Waals surface area contributed by atoms with Crippen molar-refractivity contribution in [2.24, 2.45) is 7.05 Å². The average Bonchev–Trinajstić information content (AvgIpc) is 3.43. The minimum atomic E-state index is 0.709. The van der Waals surface area contributed by atoms with E-state index in [9.17, 15) is 0 Å². The monoisotopic (exact) mass is 370 g/mol. The van der Waals surface area contributed by atoms with E-state index in [2.05, 4.69) is 67.1 Å². The van der Waals surface area contributed by atoms with Crippen LogP contribution in [0.25, 0.3) is 22.2 Å². The molecule has 5 rings (SSSR count). The molecule has 0 bridgehead atoms. The average molecular weight is 371 g/mol. The first-order valence-corrected chi connectivity index (χ1v) is 11.2. The van der Waals surface area contributed by atoms with Crippen LogP contribution < -0.4 is 4.57 Å². The summed E-state index contributed by atoms with van der Waals surface area (Å²) in [5, 5.41) is 1.38. The molecule has 1 heterocycles. The largest absolute Gasteiger partial charge is 0.216 e. The van der Waals surface area contributed by atoms with Crippen LogP contribution >= 0.6 is 0 Å². The van der Waals surface area contributed by atoms with Crippen molar-refractivity contribution >= 4 is 10.9 Å². The summed E-state index contributed by atoms with van der Waals surface area (Å²) < 4.78 is 2.48. The van der Waals surface area contributed by atoms with E-state index in [-0.39, 0.29) is 0 Å². The SMILES string of the molecule is Cc1ccc(C2CCCC2)cc1-c1c(C2CCCC2)cc2ccccc2[n+]1C. The molecule has 1 aromatic heterocycles. The standard InChI is InChI=1S/C27H32N/c1-19-15-16-22(20-9-3-4-10-20)17-24(19)27-25(21-11-5-6-12-21)18-23-13-7-8-14-26(23)28(27)2/h7-8,13-18,20-21H,3-6,9-12H2,1-2H3/q+1. The van der Waals surface area contributed by atoms with Crippen LogP contribution in [0.4, 0.5) is 0 Å². The summed E-state index contributed by atoms with van der Waals surface area (Å²) in [5.41, 5.74) is 8.80. The zero-order valence-electron chi connectivity index (χ0n) is 17.4. The van der Waals surface area contributed by atoms with Gasteiger partial charge in [-0.05, 0) is 73.8 Å². The number of para-hydroxylation sites is 1. The Bertz CT molecular complexity index is 1000. The molecule has 3 aromatic rings. The predicted octanol–water partition coefficient (Wildman–Crippen LogP) is 6.95. The van der Waals surface area contributed by atoms with E-state index in [4.69, 9.17) is 0 Å². The summed E-state index contributed by atoms with van der Waals surface area (Å²) in [4.78, 5) is 0. The second-order valence-corrected chi connectivity index (χ2v) is 9.10. The lowest BCUT2D eigenvalue weighted by Crippen LogP contribution is -2.34. The molecule has 0 saturated heterocycles. The highest BCUT2D eigenvalue weighted by molar-refractivity contribution is 5.80. The maximum Gasteiger partial charge on any atom is 0.216 e. The van der Waals surface area contributed by atoms with Gasteiger partial charge in [-0.1, -0.05) is 49.9 Å². The molecule has 2 aromatic carbocycles. The second-order valence-electron chi connectivity index (χ2n) is 9.10. The highest BCUT2D eigenvalue weighted by Gasteiger charge is 2.29. The maximum absolute atomic E-state index is 2.54. The summed E-state index contributed by atoms with van der Waals surface area (Å²) in [7, 11) is 2.28. The number of fused-ring (bicyclic) bond motifs is 1. The van der Waals surface area contributed by atoms with Gasteiger partial charge in [0.2, 0.25) is 11.2 Å². The van der Waals surface area contributed by atoms with Gasteiger partial charge in [-0.25, -0.2) is 0 Å². The zero-order valence-corrected chi connectivity index (χ0v) is 17.4. The molecule has 1 heteroatoms. The lowest BCUT2D eigenvalue weighted by molar-refractivity contribution is -0.634. The molecule has 2 saturated carbocycles. The number of benzene rings is 2. The van der Waals surface area contributed by atoms with Gasteiger partial charge in [-0.15, -0.1) is 0 Å². The third kappa shape index (κ3) is 3.05.